The van der Waals surface area contributed by atoms with Crippen LogP contribution in [0.3, 0.4) is 0 Å². The van der Waals surface area contributed by atoms with Crippen LogP contribution in [0.25, 0.3) is 0 Å². The van der Waals surface area contributed by atoms with Crippen LogP contribution in [0, 0.1) is 10.1 Å². The maximum absolute atomic E-state index is 12.2. The van der Waals surface area contributed by atoms with Gasteiger partial charge < -0.3 is 14.8 Å². The molecule has 132 valence electrons. The number of methoxy groups -OCH3 is 1. The van der Waals surface area contributed by atoms with E-state index in [1.54, 1.807) is 7.11 Å². The Hall–Kier alpha value is -2.64. The minimum Gasteiger partial charge on any atom is -0.491 e. The third kappa shape index (κ3) is 5.44. The molecule has 0 spiro atoms. The quantitative estimate of drug-likeness (QED) is 0.441. The molecule has 2 aromatic rings. The molecule has 1 N–H and O–H groups in total. The second-order valence-electron chi connectivity index (χ2n) is 5.09. The van der Waals surface area contributed by atoms with Gasteiger partial charge in [-0.15, -0.1) is 0 Å². The summed E-state index contributed by atoms with van der Waals surface area (Å²) in [5.41, 5.74) is 0.864. The Bertz CT molecular complexity index is 766. The molecule has 0 aromatic heterocycles. The fourth-order valence-corrected chi connectivity index (χ4v) is 2.33. The first-order valence-electron chi connectivity index (χ1n) is 7.44. The van der Waals surface area contributed by atoms with Gasteiger partial charge in [0.05, 0.1) is 22.1 Å². The summed E-state index contributed by atoms with van der Waals surface area (Å²) in [6, 6.07) is 11.0. The maximum atomic E-state index is 12.2. The van der Waals surface area contributed by atoms with Gasteiger partial charge in [-0.2, -0.15) is 0 Å². The molecule has 0 saturated carbocycles. The predicted octanol–water partition coefficient (Wildman–Crippen LogP) is 3.20. The number of nitrogens with zero attached hydrogens (tertiary/aromatic N) is 1. The van der Waals surface area contributed by atoms with Crippen LogP contribution in [0.15, 0.2) is 42.5 Å². The SMILES string of the molecule is COCCOc1cccc(CNC(=O)c2ccc([N+](=O)[O-])cc2Cl)c1. The Balaban J connectivity index is 1.98. The third-order valence-corrected chi connectivity index (χ3v) is 3.63. The van der Waals surface area contributed by atoms with E-state index in [1.807, 2.05) is 24.3 Å². The van der Waals surface area contributed by atoms with Crippen molar-refractivity contribution in [2.75, 3.05) is 20.3 Å². The molecule has 0 saturated heterocycles. The molecule has 25 heavy (non-hydrogen) atoms. The summed E-state index contributed by atoms with van der Waals surface area (Å²) in [6.07, 6.45) is 0. The van der Waals surface area contributed by atoms with Gasteiger partial charge in [-0.05, 0) is 23.8 Å². The zero-order chi connectivity index (χ0) is 18.2. The summed E-state index contributed by atoms with van der Waals surface area (Å²) >= 11 is 5.95. The Morgan fingerprint density at radius 1 is 1.24 bits per heavy atom. The number of nitrogens with one attached hydrogen (secondary N) is 1. The molecular formula is C17H17ClN2O5. The number of benzene rings is 2. The largest absolute Gasteiger partial charge is 0.491 e. The monoisotopic (exact) mass is 364 g/mol. The van der Waals surface area contributed by atoms with E-state index in [9.17, 15) is 14.9 Å². The van der Waals surface area contributed by atoms with Crippen molar-refractivity contribution in [2.45, 2.75) is 6.54 Å². The van der Waals surface area contributed by atoms with Crippen LogP contribution in [0.1, 0.15) is 15.9 Å². The zero-order valence-corrected chi connectivity index (χ0v) is 14.3. The van der Waals surface area contributed by atoms with Crippen molar-refractivity contribution < 1.29 is 19.2 Å². The first kappa shape index (κ1) is 18.7. The summed E-state index contributed by atoms with van der Waals surface area (Å²) < 4.78 is 10.4. The Labute approximate surface area is 149 Å². The highest BCUT2D eigenvalue weighted by Gasteiger charge is 2.14. The van der Waals surface area contributed by atoms with E-state index >= 15 is 0 Å². The van der Waals surface area contributed by atoms with Gasteiger partial charge >= 0.3 is 0 Å². The minimum absolute atomic E-state index is 0.0309. The number of hydrogen-bond donors (Lipinski definition) is 1. The molecular weight excluding hydrogens is 348 g/mol. The van der Waals surface area contributed by atoms with Crippen molar-refractivity contribution in [1.82, 2.24) is 5.32 Å². The number of rotatable bonds is 8. The Morgan fingerprint density at radius 3 is 2.72 bits per heavy atom. The average Bonchev–Trinajstić information content (AvgIpc) is 2.60. The number of hydrogen-bond acceptors (Lipinski definition) is 5. The highest BCUT2D eigenvalue weighted by Crippen LogP contribution is 2.22. The van der Waals surface area contributed by atoms with Crippen LogP contribution >= 0.6 is 11.6 Å². The van der Waals surface area contributed by atoms with Gasteiger partial charge in [0.15, 0.2) is 0 Å². The molecule has 2 rings (SSSR count). The fraction of sp³-hybridized carbons (Fsp3) is 0.235. The van der Waals surface area contributed by atoms with Gasteiger partial charge in [0.1, 0.15) is 12.4 Å². The Morgan fingerprint density at radius 2 is 2.04 bits per heavy atom. The van der Waals surface area contributed by atoms with E-state index in [1.165, 1.54) is 12.1 Å². The molecule has 8 heteroatoms. The predicted molar refractivity (Wildman–Crippen MR) is 93.1 cm³/mol. The zero-order valence-electron chi connectivity index (χ0n) is 13.5. The van der Waals surface area contributed by atoms with Crippen LogP contribution in [-0.2, 0) is 11.3 Å². The number of carbonyl (C=O) groups is 1. The lowest BCUT2D eigenvalue weighted by atomic mass is 10.1. The van der Waals surface area contributed by atoms with Gasteiger partial charge in [0.25, 0.3) is 11.6 Å². The highest BCUT2D eigenvalue weighted by molar-refractivity contribution is 6.34. The summed E-state index contributed by atoms with van der Waals surface area (Å²) in [7, 11) is 1.60. The second-order valence-corrected chi connectivity index (χ2v) is 5.50. The van der Waals surface area contributed by atoms with Gasteiger partial charge in [0.2, 0.25) is 0 Å². The number of nitro benzene ring substituents is 1. The van der Waals surface area contributed by atoms with Gasteiger partial charge in [-0.1, -0.05) is 23.7 Å². The molecule has 0 unspecified atom stereocenters. The van der Waals surface area contributed by atoms with Crippen molar-refractivity contribution in [3.63, 3.8) is 0 Å². The van der Waals surface area contributed by atoms with Crippen LogP contribution in [0.5, 0.6) is 5.75 Å². The molecule has 7 nitrogen and oxygen atoms in total. The number of amides is 1. The van der Waals surface area contributed by atoms with E-state index in [-0.39, 0.29) is 22.8 Å². The first-order chi connectivity index (χ1) is 12.0. The van der Waals surface area contributed by atoms with E-state index in [0.29, 0.717) is 19.0 Å². The van der Waals surface area contributed by atoms with Crippen LogP contribution in [-0.4, -0.2) is 31.2 Å². The highest BCUT2D eigenvalue weighted by atomic mass is 35.5. The number of non-ortho nitro benzene ring substituents is 1. The number of carbonyl (C=O) groups excluding carboxylic acids is 1. The minimum atomic E-state index is -0.567. The summed E-state index contributed by atoms with van der Waals surface area (Å²) in [6.45, 7) is 1.19. The maximum Gasteiger partial charge on any atom is 0.270 e. The fourth-order valence-electron chi connectivity index (χ4n) is 2.07. The summed E-state index contributed by atoms with van der Waals surface area (Å²) in [4.78, 5) is 22.3. The van der Waals surface area contributed by atoms with Gasteiger partial charge in [-0.25, -0.2) is 0 Å². The first-order valence-corrected chi connectivity index (χ1v) is 7.82. The van der Waals surface area contributed by atoms with Crippen LogP contribution in [0.4, 0.5) is 5.69 Å². The molecule has 1 amide bonds. The second kappa shape index (κ2) is 9.00. The summed E-state index contributed by atoms with van der Waals surface area (Å²) in [5.74, 6) is 0.266. The summed E-state index contributed by atoms with van der Waals surface area (Å²) in [5, 5.41) is 13.5. The Kier molecular flexibility index (Phi) is 6.73. The van der Waals surface area contributed by atoms with Crippen molar-refractivity contribution in [1.29, 1.82) is 0 Å². The number of halogens is 1. The molecule has 0 aliphatic carbocycles. The molecule has 0 radical (unpaired) electrons. The molecule has 0 heterocycles. The third-order valence-electron chi connectivity index (χ3n) is 3.32. The molecule has 2 aromatic carbocycles. The van der Waals surface area contributed by atoms with E-state index < -0.39 is 10.8 Å². The molecule has 0 aliphatic rings. The van der Waals surface area contributed by atoms with E-state index in [0.717, 1.165) is 11.6 Å². The van der Waals surface area contributed by atoms with Crippen molar-refractivity contribution in [2.24, 2.45) is 0 Å². The van der Waals surface area contributed by atoms with Gasteiger partial charge in [-0.3, -0.25) is 14.9 Å². The van der Waals surface area contributed by atoms with Crippen LogP contribution < -0.4 is 10.1 Å². The average molecular weight is 365 g/mol. The van der Waals surface area contributed by atoms with Crippen molar-refractivity contribution in [3.8, 4) is 5.75 Å². The van der Waals surface area contributed by atoms with E-state index in [4.69, 9.17) is 21.1 Å². The molecule has 0 fully saturated rings. The van der Waals surface area contributed by atoms with Gasteiger partial charge in [0, 0.05) is 25.8 Å². The standard InChI is InChI=1S/C17H17ClN2O5/c1-24-7-8-25-14-4-2-3-12(9-14)11-19-17(21)15-6-5-13(20(22)23)10-16(15)18/h2-6,9-10H,7-8,11H2,1H3,(H,19,21). The number of nitro groups is 1. The molecule has 0 atom stereocenters. The number of ether oxygens (including phenoxy) is 2. The smallest absolute Gasteiger partial charge is 0.270 e. The lowest BCUT2D eigenvalue weighted by molar-refractivity contribution is -0.384. The van der Waals surface area contributed by atoms with Crippen LogP contribution in [0.2, 0.25) is 5.02 Å². The van der Waals surface area contributed by atoms with Crippen molar-refractivity contribution >= 4 is 23.2 Å². The topological polar surface area (TPSA) is 90.7 Å². The molecule has 0 bridgehead atoms. The lowest BCUT2D eigenvalue weighted by Crippen LogP contribution is -2.23. The molecule has 0 aliphatic heterocycles. The normalized spacial score (nSPS) is 10.3. The van der Waals surface area contributed by atoms with E-state index in [2.05, 4.69) is 5.32 Å². The van der Waals surface area contributed by atoms with Crippen molar-refractivity contribution in [3.05, 3.63) is 68.7 Å². The lowest BCUT2D eigenvalue weighted by Gasteiger charge is -2.09.